The van der Waals surface area contributed by atoms with Crippen LogP contribution in [0.2, 0.25) is 0 Å². The van der Waals surface area contributed by atoms with Crippen LogP contribution in [0, 0.1) is 0 Å². The van der Waals surface area contributed by atoms with E-state index in [0.717, 1.165) is 0 Å². The zero-order valence-electron chi connectivity index (χ0n) is 26.8. The highest BCUT2D eigenvalue weighted by atomic mass is 32.3. The van der Waals surface area contributed by atoms with Crippen LogP contribution in [0.3, 0.4) is 0 Å². The van der Waals surface area contributed by atoms with Crippen molar-refractivity contribution in [3.8, 4) is 0 Å². The van der Waals surface area contributed by atoms with Gasteiger partial charge in [0, 0.05) is 0 Å². The molecule has 0 amide bonds. The minimum atomic E-state index is -5.52. The number of rotatable bonds is 35. The van der Waals surface area contributed by atoms with Gasteiger partial charge in [0.25, 0.3) is 0 Å². The first kappa shape index (κ1) is 52.7. The number of hydrogen-bond acceptors (Lipinski definition) is 37. The monoisotopic (exact) mass is 970 g/mol. The lowest BCUT2D eigenvalue weighted by Crippen LogP contribution is -2.66. The van der Waals surface area contributed by atoms with Crippen molar-refractivity contribution >= 4 is 84.3 Å². The van der Waals surface area contributed by atoms with E-state index in [4.69, 9.17) is 79.8 Å². The summed E-state index contributed by atoms with van der Waals surface area (Å²) in [7, 11) is -5.52. The van der Waals surface area contributed by atoms with Crippen molar-refractivity contribution in [1.82, 2.24) is 0 Å². The molecule has 2 heterocycles. The molecule has 0 radical (unpaired) electrons. The van der Waals surface area contributed by atoms with Crippen LogP contribution in [-0.4, -0.2) is 126 Å². The molecule has 0 aliphatic carbocycles. The van der Waals surface area contributed by atoms with E-state index in [2.05, 4.69) is 62.8 Å². The summed E-state index contributed by atoms with van der Waals surface area (Å²) in [6.45, 7) is 2.24. The standard InChI is InChI=1S/C17H30O32S7/c1-2-3-4-5-27-16-14(36-55-49-43-23)12(34-53-47-41-21)10(8(30-16)6-28-50-44-38-18)32-17-15(37-56(24,25)26)13(35-54-48-42-22)11(33-52-46-40-20)9(31-17)7-29-51-45-39-19/h2,8-23H,1,3-7H2,(H,24,25,26)/t8?,9?,10-,11-,12+,13+,14?,15?,16+,17+/m1/s1. The van der Waals surface area contributed by atoms with Gasteiger partial charge in [-0.3, -0.25) is 29.7 Å². The summed E-state index contributed by atoms with van der Waals surface area (Å²) >= 11 is -0.238. The number of ether oxygens (including phenoxy) is 4. The van der Waals surface area contributed by atoms with Gasteiger partial charge in [0.15, 0.2) is 98.7 Å². The van der Waals surface area contributed by atoms with Crippen LogP contribution >= 0.6 is 73.9 Å². The van der Waals surface area contributed by atoms with Crippen molar-refractivity contribution < 1.29 is 149 Å². The van der Waals surface area contributed by atoms with Crippen LogP contribution in [-0.2, 0) is 115 Å². The SMILES string of the molecule is C=CCCCO[C@H]1OC(COSOOO)[C@@H](O[C@@H]2OC(COSOOO)[C@@H](OSOOO)[C@H](OSOOO)C2OS(=O)(=O)O)[C@H](OSOOO)C1OSOOO. The van der Waals surface area contributed by atoms with Gasteiger partial charge in [0.2, 0.25) is 0 Å². The maximum atomic E-state index is 12.2. The molecule has 0 aromatic rings. The Bertz CT molecular complexity index is 1090. The molecule has 10 atom stereocenters. The minimum absolute atomic E-state index is 0.00179. The fraction of sp³-hybridized carbons (Fsp3) is 0.882. The van der Waals surface area contributed by atoms with E-state index in [1.807, 2.05) is 0 Å². The van der Waals surface area contributed by atoms with Gasteiger partial charge in [-0.15, -0.1) is 32.6 Å². The molecule has 0 aromatic carbocycles. The molecule has 39 heteroatoms. The van der Waals surface area contributed by atoms with Gasteiger partial charge in [0.1, 0.15) is 36.6 Å². The Labute approximate surface area is 338 Å². The second kappa shape index (κ2) is 32.3. The predicted octanol–water partition coefficient (Wildman–Crippen LogP) is 2.47. The van der Waals surface area contributed by atoms with Crippen molar-refractivity contribution in [3.05, 3.63) is 12.7 Å². The molecule has 56 heavy (non-hydrogen) atoms. The molecule has 0 saturated carbocycles. The van der Waals surface area contributed by atoms with Gasteiger partial charge in [-0.2, -0.15) is 8.42 Å². The molecule has 332 valence electrons. The van der Waals surface area contributed by atoms with Crippen molar-refractivity contribution in [2.45, 2.75) is 74.3 Å². The van der Waals surface area contributed by atoms with Crippen molar-refractivity contribution in [2.24, 2.45) is 0 Å². The lowest BCUT2D eigenvalue weighted by atomic mass is 9.97. The summed E-state index contributed by atoms with van der Waals surface area (Å²) in [5, 5.41) is 72.6. The molecule has 2 rings (SSSR count). The zero-order valence-corrected chi connectivity index (χ0v) is 32.5. The summed E-state index contributed by atoms with van der Waals surface area (Å²) in [6.07, 6.45) is -15.3. The van der Waals surface area contributed by atoms with Gasteiger partial charge in [-0.05, 0) is 12.8 Å². The summed E-state index contributed by atoms with van der Waals surface area (Å²) in [4.78, 5) is 0. The van der Waals surface area contributed by atoms with E-state index in [-0.39, 0.29) is 80.5 Å². The highest BCUT2D eigenvalue weighted by Crippen LogP contribution is 2.39. The lowest BCUT2D eigenvalue weighted by molar-refractivity contribution is -0.437. The van der Waals surface area contributed by atoms with Gasteiger partial charge in [-0.1, -0.05) is 36.3 Å². The van der Waals surface area contributed by atoms with Crippen LogP contribution in [0.5, 0.6) is 0 Å². The maximum Gasteiger partial charge on any atom is 0.397 e. The molecule has 0 bridgehead atoms. The third kappa shape index (κ3) is 20.4. The normalized spacial score (nSPS) is 28.5. The van der Waals surface area contributed by atoms with Crippen molar-refractivity contribution in [3.63, 3.8) is 0 Å². The maximum absolute atomic E-state index is 12.2. The summed E-state index contributed by atoms with van der Waals surface area (Å²) in [6, 6.07) is 0. The molecular weight excluding hydrogens is 941 g/mol. The Kier molecular flexibility index (Phi) is 30.4. The first-order valence-electron chi connectivity index (χ1n) is 13.8. The number of allylic oxidation sites excluding steroid dienone is 1. The van der Waals surface area contributed by atoms with Crippen LogP contribution in [0.25, 0.3) is 0 Å². The van der Waals surface area contributed by atoms with E-state index < -0.39 is 85.0 Å². The molecule has 2 aliphatic heterocycles. The number of unbranched alkanes of at least 4 members (excludes halogenated alkanes) is 1. The van der Waals surface area contributed by atoms with Crippen LogP contribution in [0.4, 0.5) is 0 Å². The molecule has 0 spiro atoms. The average Bonchev–Trinajstić information content (AvgIpc) is 3.17. The quantitative estimate of drug-likeness (QED) is 0.0120. The highest BCUT2D eigenvalue weighted by molar-refractivity contribution is 7.90. The molecular formula is C17H30O32S7. The Morgan fingerprint density at radius 1 is 0.571 bits per heavy atom. The molecule has 0 aromatic heterocycles. The Balaban J connectivity index is 2.69. The molecule has 2 saturated heterocycles. The molecule has 2 aliphatic rings. The number of hydrogen-bond donors (Lipinski definition) is 7. The smallest absolute Gasteiger partial charge is 0.350 e. The zero-order chi connectivity index (χ0) is 41.0. The van der Waals surface area contributed by atoms with Crippen LogP contribution in [0.1, 0.15) is 12.8 Å². The third-order valence-electron chi connectivity index (χ3n) is 6.05. The van der Waals surface area contributed by atoms with Crippen LogP contribution in [0.15, 0.2) is 12.7 Å². The average molecular weight is 971 g/mol. The van der Waals surface area contributed by atoms with E-state index in [1.165, 1.54) is 0 Å². The van der Waals surface area contributed by atoms with E-state index in [1.54, 1.807) is 6.08 Å². The highest BCUT2D eigenvalue weighted by Gasteiger charge is 2.57. The second-order valence-electron chi connectivity index (χ2n) is 9.05. The summed E-state index contributed by atoms with van der Waals surface area (Å²) in [5.74, 6) is 0. The minimum Gasteiger partial charge on any atom is -0.350 e. The summed E-state index contributed by atoms with van der Waals surface area (Å²) in [5.41, 5.74) is 0. The van der Waals surface area contributed by atoms with Gasteiger partial charge >= 0.3 is 10.4 Å². The fourth-order valence-electron chi connectivity index (χ4n) is 4.25. The first-order valence-corrected chi connectivity index (χ1v) is 19.1. The van der Waals surface area contributed by atoms with Gasteiger partial charge in [0.05, 0.1) is 19.8 Å². The summed E-state index contributed by atoms with van der Waals surface area (Å²) < 4.78 is 120. The Morgan fingerprint density at radius 2 is 1.00 bits per heavy atom. The van der Waals surface area contributed by atoms with Crippen molar-refractivity contribution in [1.29, 1.82) is 0 Å². The predicted molar refractivity (Wildman–Crippen MR) is 170 cm³/mol. The van der Waals surface area contributed by atoms with E-state index >= 15 is 0 Å². The van der Waals surface area contributed by atoms with Gasteiger partial charge < -0.3 is 18.9 Å². The molecule has 2 fully saturated rings. The van der Waals surface area contributed by atoms with Crippen molar-refractivity contribution in [2.75, 3.05) is 19.8 Å². The van der Waals surface area contributed by atoms with E-state index in [0.29, 0.717) is 12.8 Å². The molecule has 32 nitrogen and oxygen atoms in total. The van der Waals surface area contributed by atoms with Gasteiger partial charge in [-0.25, -0.2) is 35.7 Å². The van der Waals surface area contributed by atoms with Crippen LogP contribution < -0.4 is 0 Å². The Hall–Kier alpha value is 0.590. The molecule has 4 unspecified atom stereocenters. The fourth-order valence-corrected chi connectivity index (χ4v) is 6.70. The largest absolute Gasteiger partial charge is 0.397 e. The van der Waals surface area contributed by atoms with E-state index in [9.17, 15) is 13.0 Å². The lowest BCUT2D eigenvalue weighted by Gasteiger charge is -2.48. The topological polar surface area (TPSA) is 388 Å². The molecule has 7 N–H and O–H groups in total. The first-order chi connectivity index (χ1) is 27.2. The third-order valence-corrected chi connectivity index (χ3v) is 8.88. The Morgan fingerprint density at radius 3 is 1.48 bits per heavy atom. The second-order valence-corrected chi connectivity index (χ2v) is 13.0.